The molecule has 38 heavy (non-hydrogen) atoms. The molecule has 0 aliphatic carbocycles. The molecule has 0 fully saturated rings. The number of benzene rings is 4. The molecule has 1 atom stereocenters. The predicted molar refractivity (Wildman–Crippen MR) is 153 cm³/mol. The summed E-state index contributed by atoms with van der Waals surface area (Å²) >= 11 is 0. The van der Waals surface area contributed by atoms with Gasteiger partial charge in [0.1, 0.15) is 5.75 Å². The standard InChI is InChI=1S/C33H36N2O3/c1-34(2)29-14-9-26(10-15-29)23-35(22-25-7-5-4-6-8-25)20-19-31(27-11-16-30(36-3)17-12-27)28-13-18-32-33(21-28)38-24-37-32/h4-18,21,31H,19-20,22-24H2,1-3H3. The lowest BCUT2D eigenvalue weighted by Crippen LogP contribution is -2.25. The third-order valence-electron chi connectivity index (χ3n) is 7.16. The molecular formula is C33H36N2O3. The van der Waals surface area contributed by atoms with E-state index in [1.165, 1.54) is 27.9 Å². The Morgan fingerprint density at radius 3 is 2.08 bits per heavy atom. The van der Waals surface area contributed by atoms with Crippen LogP contribution in [-0.2, 0) is 13.1 Å². The minimum atomic E-state index is 0.213. The maximum absolute atomic E-state index is 5.72. The van der Waals surface area contributed by atoms with E-state index in [-0.39, 0.29) is 12.7 Å². The van der Waals surface area contributed by atoms with Crippen molar-refractivity contribution in [1.82, 2.24) is 4.90 Å². The van der Waals surface area contributed by atoms with Gasteiger partial charge in [-0.15, -0.1) is 0 Å². The van der Waals surface area contributed by atoms with Crippen molar-refractivity contribution < 1.29 is 14.2 Å². The van der Waals surface area contributed by atoms with Crippen LogP contribution in [0.5, 0.6) is 17.2 Å². The summed E-state index contributed by atoms with van der Waals surface area (Å²) in [5.74, 6) is 2.71. The molecule has 4 aromatic carbocycles. The molecule has 0 saturated carbocycles. The molecule has 0 bridgehead atoms. The van der Waals surface area contributed by atoms with E-state index in [1.54, 1.807) is 7.11 Å². The van der Waals surface area contributed by atoms with Crippen LogP contribution in [0.15, 0.2) is 97.1 Å². The fourth-order valence-corrected chi connectivity index (χ4v) is 5.02. The van der Waals surface area contributed by atoms with E-state index >= 15 is 0 Å². The Morgan fingerprint density at radius 1 is 0.737 bits per heavy atom. The van der Waals surface area contributed by atoms with E-state index in [0.717, 1.165) is 43.3 Å². The van der Waals surface area contributed by atoms with Gasteiger partial charge in [-0.1, -0.05) is 60.7 Å². The van der Waals surface area contributed by atoms with Gasteiger partial charge in [0.05, 0.1) is 7.11 Å². The maximum atomic E-state index is 5.72. The van der Waals surface area contributed by atoms with E-state index < -0.39 is 0 Å². The van der Waals surface area contributed by atoms with E-state index in [9.17, 15) is 0 Å². The Balaban J connectivity index is 1.40. The quantitative estimate of drug-likeness (QED) is 0.225. The minimum absolute atomic E-state index is 0.213. The first-order valence-corrected chi connectivity index (χ1v) is 13.1. The van der Waals surface area contributed by atoms with Crippen molar-refractivity contribution in [3.63, 3.8) is 0 Å². The molecule has 0 amide bonds. The average Bonchev–Trinajstić information content (AvgIpc) is 3.42. The van der Waals surface area contributed by atoms with E-state index in [4.69, 9.17) is 14.2 Å². The molecule has 1 aliphatic heterocycles. The lowest BCUT2D eigenvalue weighted by atomic mass is 9.88. The zero-order chi connectivity index (χ0) is 26.3. The van der Waals surface area contributed by atoms with Gasteiger partial charge < -0.3 is 19.1 Å². The summed E-state index contributed by atoms with van der Waals surface area (Å²) in [6, 6.07) is 34.4. The number of rotatable bonds is 11. The summed E-state index contributed by atoms with van der Waals surface area (Å²) in [5, 5.41) is 0. The van der Waals surface area contributed by atoms with Crippen molar-refractivity contribution in [3.05, 3.63) is 119 Å². The van der Waals surface area contributed by atoms with Gasteiger partial charge in [-0.3, -0.25) is 4.90 Å². The van der Waals surface area contributed by atoms with Gasteiger partial charge in [0.15, 0.2) is 11.5 Å². The van der Waals surface area contributed by atoms with Crippen molar-refractivity contribution in [2.45, 2.75) is 25.4 Å². The smallest absolute Gasteiger partial charge is 0.231 e. The van der Waals surface area contributed by atoms with Crippen LogP contribution in [0.25, 0.3) is 0 Å². The van der Waals surface area contributed by atoms with Crippen LogP contribution in [-0.4, -0.2) is 39.4 Å². The van der Waals surface area contributed by atoms with Crippen LogP contribution in [0.4, 0.5) is 5.69 Å². The van der Waals surface area contributed by atoms with Crippen LogP contribution in [0.2, 0.25) is 0 Å². The highest BCUT2D eigenvalue weighted by Gasteiger charge is 2.21. The van der Waals surface area contributed by atoms with Crippen molar-refractivity contribution in [1.29, 1.82) is 0 Å². The molecule has 5 nitrogen and oxygen atoms in total. The van der Waals surface area contributed by atoms with Crippen molar-refractivity contribution in [2.24, 2.45) is 0 Å². The molecule has 0 spiro atoms. The third kappa shape index (κ3) is 6.29. The van der Waals surface area contributed by atoms with Crippen LogP contribution < -0.4 is 19.1 Å². The first kappa shape index (κ1) is 25.7. The van der Waals surface area contributed by atoms with Crippen LogP contribution >= 0.6 is 0 Å². The molecule has 4 aromatic rings. The van der Waals surface area contributed by atoms with E-state index in [2.05, 4.69) is 103 Å². The normalized spacial score (nSPS) is 12.9. The summed E-state index contributed by atoms with van der Waals surface area (Å²) < 4.78 is 16.7. The van der Waals surface area contributed by atoms with Crippen molar-refractivity contribution in [2.75, 3.05) is 39.4 Å². The number of ether oxygens (including phenoxy) is 3. The summed E-state index contributed by atoms with van der Waals surface area (Å²) in [4.78, 5) is 4.68. The Kier molecular flexibility index (Phi) is 8.15. The Hall–Kier alpha value is -3.96. The molecule has 5 heteroatoms. The van der Waals surface area contributed by atoms with Gasteiger partial charge in [-0.05, 0) is 71.6 Å². The zero-order valence-corrected chi connectivity index (χ0v) is 22.5. The number of anilines is 1. The zero-order valence-electron chi connectivity index (χ0n) is 22.5. The molecule has 0 radical (unpaired) electrons. The lowest BCUT2D eigenvalue weighted by Gasteiger charge is -2.26. The highest BCUT2D eigenvalue weighted by atomic mass is 16.7. The summed E-state index contributed by atoms with van der Waals surface area (Å²) in [5.41, 5.74) is 6.34. The highest BCUT2D eigenvalue weighted by molar-refractivity contribution is 5.48. The SMILES string of the molecule is COc1ccc(C(CCN(Cc2ccccc2)Cc2ccc(N(C)C)cc2)c2ccc3c(c2)OCO3)cc1. The number of nitrogens with zero attached hydrogens (tertiary/aromatic N) is 2. The summed E-state index contributed by atoms with van der Waals surface area (Å²) in [6.07, 6.45) is 0.967. The maximum Gasteiger partial charge on any atom is 0.231 e. The van der Waals surface area contributed by atoms with Gasteiger partial charge in [0, 0.05) is 38.8 Å². The largest absolute Gasteiger partial charge is 0.497 e. The van der Waals surface area contributed by atoms with Gasteiger partial charge in [0.25, 0.3) is 0 Å². The molecule has 5 rings (SSSR count). The van der Waals surface area contributed by atoms with E-state index in [0.29, 0.717) is 0 Å². The van der Waals surface area contributed by atoms with Gasteiger partial charge in [-0.25, -0.2) is 0 Å². The Bertz CT molecular complexity index is 1300. The van der Waals surface area contributed by atoms with Gasteiger partial charge in [0.2, 0.25) is 6.79 Å². The van der Waals surface area contributed by atoms with Gasteiger partial charge >= 0.3 is 0 Å². The molecule has 1 heterocycles. The summed E-state index contributed by atoms with van der Waals surface area (Å²) in [6.45, 7) is 3.00. The molecule has 1 aliphatic rings. The van der Waals surface area contributed by atoms with Crippen molar-refractivity contribution in [3.8, 4) is 17.2 Å². The molecule has 0 N–H and O–H groups in total. The second-order valence-electron chi connectivity index (χ2n) is 9.98. The van der Waals surface area contributed by atoms with Crippen molar-refractivity contribution >= 4 is 5.69 Å². The van der Waals surface area contributed by atoms with Crippen LogP contribution in [0, 0.1) is 0 Å². The molecule has 0 saturated heterocycles. The predicted octanol–water partition coefficient (Wildman–Crippen LogP) is 6.71. The fraction of sp³-hybridized carbons (Fsp3) is 0.273. The lowest BCUT2D eigenvalue weighted by molar-refractivity contribution is 0.174. The average molecular weight is 509 g/mol. The first-order valence-electron chi connectivity index (χ1n) is 13.1. The second-order valence-corrected chi connectivity index (χ2v) is 9.98. The Labute approximate surface area is 226 Å². The van der Waals surface area contributed by atoms with Crippen LogP contribution in [0.1, 0.15) is 34.6 Å². The molecular weight excluding hydrogens is 472 g/mol. The number of methoxy groups -OCH3 is 1. The molecule has 0 aromatic heterocycles. The highest BCUT2D eigenvalue weighted by Crippen LogP contribution is 2.38. The number of fused-ring (bicyclic) bond motifs is 1. The monoisotopic (exact) mass is 508 g/mol. The Morgan fingerprint density at radius 2 is 1.39 bits per heavy atom. The van der Waals surface area contributed by atoms with E-state index in [1.807, 2.05) is 18.2 Å². The fourth-order valence-electron chi connectivity index (χ4n) is 5.02. The number of hydrogen-bond donors (Lipinski definition) is 0. The summed E-state index contributed by atoms with van der Waals surface area (Å²) in [7, 11) is 5.86. The van der Waals surface area contributed by atoms with Gasteiger partial charge in [-0.2, -0.15) is 0 Å². The first-order chi connectivity index (χ1) is 18.6. The molecule has 196 valence electrons. The minimum Gasteiger partial charge on any atom is -0.497 e. The third-order valence-corrected chi connectivity index (χ3v) is 7.16. The second kappa shape index (κ2) is 12.1. The number of hydrogen-bond acceptors (Lipinski definition) is 5. The molecule has 1 unspecified atom stereocenters. The van der Waals surface area contributed by atoms with Crippen LogP contribution in [0.3, 0.4) is 0 Å². The topological polar surface area (TPSA) is 34.2 Å².